The van der Waals surface area contributed by atoms with Crippen molar-refractivity contribution in [1.29, 1.82) is 0 Å². The third-order valence-corrected chi connectivity index (χ3v) is 6.15. The number of piperidine rings is 1. The fourth-order valence-electron chi connectivity index (χ4n) is 4.39. The highest BCUT2D eigenvalue weighted by Crippen LogP contribution is 2.38. The monoisotopic (exact) mass is 427 g/mol. The van der Waals surface area contributed by atoms with Crippen molar-refractivity contribution in [3.63, 3.8) is 0 Å². The third-order valence-electron chi connectivity index (χ3n) is 5.60. The molecule has 158 valence electrons. The summed E-state index contributed by atoms with van der Waals surface area (Å²) in [6.07, 6.45) is 2.77. The number of likely N-dealkylation sites (tertiary alicyclic amines) is 1. The number of amides is 2. The molecular formula is C22H25N3O4S. The summed E-state index contributed by atoms with van der Waals surface area (Å²) in [7, 11) is 0. The van der Waals surface area contributed by atoms with Crippen molar-refractivity contribution < 1.29 is 14.3 Å². The van der Waals surface area contributed by atoms with Crippen LogP contribution in [-0.2, 0) is 16.1 Å². The predicted molar refractivity (Wildman–Crippen MR) is 117 cm³/mol. The molecule has 4 rings (SSSR count). The summed E-state index contributed by atoms with van der Waals surface area (Å²) in [6.45, 7) is 1.67. The van der Waals surface area contributed by atoms with E-state index in [0.717, 1.165) is 12.1 Å². The molecule has 0 saturated carbocycles. The van der Waals surface area contributed by atoms with Crippen molar-refractivity contribution in [1.82, 2.24) is 9.47 Å². The Labute approximate surface area is 179 Å². The predicted octanol–water partition coefficient (Wildman–Crippen LogP) is 2.17. The highest BCUT2D eigenvalue weighted by Gasteiger charge is 2.38. The summed E-state index contributed by atoms with van der Waals surface area (Å²) in [5.41, 5.74) is 1.44. The number of para-hydroxylation sites is 1. The normalized spacial score (nSPS) is 19.7. The zero-order valence-electron chi connectivity index (χ0n) is 16.9. The molecule has 1 aromatic heterocycles. The molecule has 0 radical (unpaired) electrons. The molecule has 2 aliphatic rings. The number of aromatic nitrogens is 1. The van der Waals surface area contributed by atoms with Gasteiger partial charge in [-0.05, 0) is 36.8 Å². The van der Waals surface area contributed by atoms with Gasteiger partial charge in [-0.1, -0.05) is 18.2 Å². The number of pyridine rings is 1. The number of nitrogens with zero attached hydrogens (tertiary/aromatic N) is 2. The lowest BCUT2D eigenvalue weighted by Crippen LogP contribution is -2.50. The van der Waals surface area contributed by atoms with E-state index in [-0.39, 0.29) is 35.8 Å². The third kappa shape index (κ3) is 4.38. The van der Waals surface area contributed by atoms with Crippen LogP contribution in [0.5, 0.6) is 5.75 Å². The Kier molecular flexibility index (Phi) is 6.13. The largest absolute Gasteiger partial charge is 0.484 e. The fraction of sp³-hybridized carbons (Fsp3) is 0.409. The Morgan fingerprint density at radius 3 is 2.70 bits per heavy atom. The molecule has 1 aromatic carbocycles. The number of benzene rings is 1. The summed E-state index contributed by atoms with van der Waals surface area (Å²) in [5, 5.41) is 2.94. The van der Waals surface area contributed by atoms with Crippen LogP contribution in [0.2, 0.25) is 0 Å². The first kappa shape index (κ1) is 20.5. The average molecular weight is 428 g/mol. The molecular weight excluding hydrogens is 402 g/mol. The van der Waals surface area contributed by atoms with Crippen molar-refractivity contribution in [3.05, 3.63) is 58.5 Å². The van der Waals surface area contributed by atoms with Gasteiger partial charge in [0.15, 0.2) is 6.61 Å². The molecule has 3 heterocycles. The summed E-state index contributed by atoms with van der Waals surface area (Å²) in [6, 6.07) is 12.5. The molecule has 2 bridgehead atoms. The Balaban J connectivity index is 1.51. The number of hydrogen-bond acceptors (Lipinski definition) is 5. The van der Waals surface area contributed by atoms with Crippen LogP contribution < -0.4 is 15.6 Å². The smallest absolute Gasteiger partial charge is 0.260 e. The molecule has 1 fully saturated rings. The maximum absolute atomic E-state index is 12.8. The number of carbonyl (C=O) groups is 2. The van der Waals surface area contributed by atoms with Gasteiger partial charge in [0.2, 0.25) is 5.91 Å². The van der Waals surface area contributed by atoms with Crippen LogP contribution in [0.1, 0.15) is 18.0 Å². The number of ether oxygens (including phenoxy) is 1. The Hall–Kier alpha value is -2.74. The Morgan fingerprint density at radius 1 is 1.13 bits per heavy atom. The molecule has 1 N–H and O–H groups in total. The maximum atomic E-state index is 12.8. The van der Waals surface area contributed by atoms with Crippen LogP contribution in [0.15, 0.2) is 47.3 Å². The van der Waals surface area contributed by atoms with E-state index in [2.05, 4.69) is 5.32 Å². The average Bonchev–Trinajstić information content (AvgIpc) is 2.74. The number of carbonyl (C=O) groups excluding carboxylic acids is 2. The molecule has 2 atom stereocenters. The minimum atomic E-state index is -0.0916. The first-order valence-electron chi connectivity index (χ1n) is 10.0. The van der Waals surface area contributed by atoms with E-state index in [0.29, 0.717) is 36.8 Å². The molecule has 2 aliphatic heterocycles. The van der Waals surface area contributed by atoms with Crippen molar-refractivity contribution in [2.24, 2.45) is 5.92 Å². The van der Waals surface area contributed by atoms with Crippen molar-refractivity contribution in [2.75, 3.05) is 37.0 Å². The summed E-state index contributed by atoms with van der Waals surface area (Å²) in [5.74, 6) is 1.09. The molecule has 1 saturated heterocycles. The molecule has 0 spiro atoms. The van der Waals surface area contributed by atoms with Gasteiger partial charge in [-0.15, -0.1) is 0 Å². The zero-order valence-corrected chi connectivity index (χ0v) is 17.7. The number of fused-ring (bicyclic) bond motifs is 4. The number of thioether (sulfide) groups is 1. The molecule has 8 heteroatoms. The van der Waals surface area contributed by atoms with Crippen LogP contribution >= 0.6 is 11.8 Å². The van der Waals surface area contributed by atoms with E-state index in [9.17, 15) is 14.4 Å². The van der Waals surface area contributed by atoms with Gasteiger partial charge in [-0.25, -0.2) is 0 Å². The number of nitrogens with one attached hydrogen (secondary N) is 1. The lowest BCUT2D eigenvalue weighted by atomic mass is 9.82. The molecule has 0 unspecified atom stereocenters. The van der Waals surface area contributed by atoms with Crippen molar-refractivity contribution in [3.8, 4) is 5.75 Å². The van der Waals surface area contributed by atoms with E-state index in [4.69, 9.17) is 4.74 Å². The second-order valence-electron chi connectivity index (χ2n) is 7.76. The van der Waals surface area contributed by atoms with Crippen molar-refractivity contribution in [2.45, 2.75) is 18.9 Å². The van der Waals surface area contributed by atoms with Crippen LogP contribution in [0.3, 0.4) is 0 Å². The van der Waals surface area contributed by atoms with Crippen LogP contribution in [-0.4, -0.2) is 53.0 Å². The number of rotatable bonds is 6. The lowest BCUT2D eigenvalue weighted by Gasteiger charge is -2.43. The molecule has 0 aliphatic carbocycles. The second-order valence-corrected chi connectivity index (χ2v) is 8.63. The SMILES string of the molecule is CSCC(=O)Nc1ccc(=O)n2c1[C@@H]1C[C@@H](CN(C(=O)COc3ccccc3)C1)C2. The summed E-state index contributed by atoms with van der Waals surface area (Å²) >= 11 is 1.45. The molecule has 2 amide bonds. The second kappa shape index (κ2) is 8.95. The van der Waals surface area contributed by atoms with E-state index in [1.165, 1.54) is 17.8 Å². The van der Waals surface area contributed by atoms with Crippen LogP contribution in [0.25, 0.3) is 0 Å². The van der Waals surface area contributed by atoms with Gasteiger partial charge < -0.3 is 19.5 Å². The van der Waals surface area contributed by atoms with Gasteiger partial charge in [0.1, 0.15) is 5.75 Å². The quantitative estimate of drug-likeness (QED) is 0.764. The van der Waals surface area contributed by atoms with Gasteiger partial charge in [-0.2, -0.15) is 11.8 Å². The lowest BCUT2D eigenvalue weighted by molar-refractivity contribution is -0.136. The van der Waals surface area contributed by atoms with E-state index in [1.807, 2.05) is 41.5 Å². The van der Waals surface area contributed by atoms with Gasteiger partial charge in [0.05, 0.1) is 11.4 Å². The summed E-state index contributed by atoms with van der Waals surface area (Å²) in [4.78, 5) is 39.2. The van der Waals surface area contributed by atoms with Gasteiger partial charge in [0, 0.05) is 37.3 Å². The standard InChI is InChI=1S/C22H25N3O4S/c1-30-14-19(26)23-18-7-8-20(27)25-11-15-9-16(22(18)25)12-24(10-15)21(28)13-29-17-5-3-2-4-6-17/h2-8,15-16H,9-14H2,1H3,(H,23,26)/t15-,16+/m0/s1. The van der Waals surface area contributed by atoms with E-state index < -0.39 is 0 Å². The Morgan fingerprint density at radius 2 is 1.93 bits per heavy atom. The topological polar surface area (TPSA) is 80.6 Å². The molecule has 30 heavy (non-hydrogen) atoms. The summed E-state index contributed by atoms with van der Waals surface area (Å²) < 4.78 is 7.40. The highest BCUT2D eigenvalue weighted by atomic mass is 32.2. The molecule has 7 nitrogen and oxygen atoms in total. The minimum absolute atomic E-state index is 0.0108. The van der Waals surface area contributed by atoms with E-state index >= 15 is 0 Å². The highest BCUT2D eigenvalue weighted by molar-refractivity contribution is 7.99. The maximum Gasteiger partial charge on any atom is 0.260 e. The van der Waals surface area contributed by atoms with Crippen LogP contribution in [0.4, 0.5) is 5.69 Å². The van der Waals surface area contributed by atoms with Gasteiger partial charge in [-0.3, -0.25) is 14.4 Å². The van der Waals surface area contributed by atoms with Crippen LogP contribution in [0, 0.1) is 5.92 Å². The van der Waals surface area contributed by atoms with Gasteiger partial charge in [0.25, 0.3) is 11.5 Å². The van der Waals surface area contributed by atoms with E-state index in [1.54, 1.807) is 10.6 Å². The number of anilines is 1. The molecule has 2 aromatic rings. The zero-order chi connectivity index (χ0) is 21.1. The Bertz CT molecular complexity index is 992. The number of hydrogen-bond donors (Lipinski definition) is 1. The van der Waals surface area contributed by atoms with Gasteiger partial charge >= 0.3 is 0 Å². The van der Waals surface area contributed by atoms with Crippen molar-refractivity contribution >= 4 is 29.3 Å². The first-order chi connectivity index (χ1) is 14.5. The first-order valence-corrected chi connectivity index (χ1v) is 11.4. The fourth-order valence-corrected chi connectivity index (χ4v) is 4.73. The minimum Gasteiger partial charge on any atom is -0.484 e.